The van der Waals surface area contributed by atoms with Gasteiger partial charge in [0.25, 0.3) is 5.91 Å². The van der Waals surface area contributed by atoms with E-state index < -0.39 is 0 Å². The van der Waals surface area contributed by atoms with Crippen molar-refractivity contribution in [1.82, 2.24) is 25.3 Å². The van der Waals surface area contributed by atoms with Gasteiger partial charge in [-0.1, -0.05) is 19.1 Å². The Morgan fingerprint density at radius 2 is 1.92 bits per heavy atom. The van der Waals surface area contributed by atoms with E-state index in [1.807, 2.05) is 58.2 Å². The molecule has 2 aromatic heterocycles. The van der Waals surface area contributed by atoms with Crippen molar-refractivity contribution in [2.75, 3.05) is 0 Å². The number of amides is 1. The Morgan fingerprint density at radius 3 is 2.54 bits per heavy atom. The van der Waals surface area contributed by atoms with E-state index in [9.17, 15) is 4.79 Å². The quantitative estimate of drug-likeness (QED) is 0.766. The predicted octanol–water partition coefficient (Wildman–Crippen LogP) is 3.38. The lowest BCUT2D eigenvalue weighted by molar-refractivity contribution is 0.0934. The van der Waals surface area contributed by atoms with E-state index in [4.69, 9.17) is 0 Å². The Labute approximate surface area is 153 Å². The first kappa shape index (κ1) is 17.8. The molecule has 1 amide bonds. The molecule has 0 aliphatic heterocycles. The Kier molecular flexibility index (Phi) is 5.11. The number of rotatable bonds is 5. The van der Waals surface area contributed by atoms with Crippen molar-refractivity contribution < 1.29 is 4.79 Å². The van der Waals surface area contributed by atoms with Crippen molar-refractivity contribution in [3.63, 3.8) is 0 Å². The fourth-order valence-electron chi connectivity index (χ4n) is 2.94. The molecule has 0 aliphatic rings. The maximum Gasteiger partial charge on any atom is 0.251 e. The molecule has 6 heteroatoms. The van der Waals surface area contributed by atoms with Gasteiger partial charge in [-0.05, 0) is 49.6 Å². The number of hydrogen-bond acceptors (Lipinski definition) is 4. The highest BCUT2D eigenvalue weighted by Gasteiger charge is 2.17. The average molecular weight is 349 g/mol. The second-order valence-electron chi connectivity index (χ2n) is 6.39. The molecule has 1 unspecified atom stereocenters. The van der Waals surface area contributed by atoms with Crippen LogP contribution < -0.4 is 5.32 Å². The zero-order valence-electron chi connectivity index (χ0n) is 15.5. The number of hydrogen-bond donors (Lipinski definition) is 1. The van der Waals surface area contributed by atoms with Crippen LogP contribution in [-0.4, -0.2) is 25.9 Å². The van der Waals surface area contributed by atoms with Crippen molar-refractivity contribution in [2.45, 2.75) is 33.2 Å². The van der Waals surface area contributed by atoms with Gasteiger partial charge >= 0.3 is 0 Å². The van der Waals surface area contributed by atoms with Crippen LogP contribution in [0.4, 0.5) is 0 Å². The maximum atomic E-state index is 12.6. The zero-order valence-corrected chi connectivity index (χ0v) is 15.5. The van der Waals surface area contributed by atoms with Crippen LogP contribution in [0.3, 0.4) is 0 Å². The zero-order chi connectivity index (χ0) is 18.7. The number of carbonyl (C=O) groups is 1. The van der Waals surface area contributed by atoms with Crippen LogP contribution in [0.1, 0.15) is 46.6 Å². The lowest BCUT2D eigenvalue weighted by atomic mass is 10.0. The number of nitrogens with zero attached hydrogens (tertiary/aromatic N) is 4. The van der Waals surface area contributed by atoms with Gasteiger partial charge in [0.15, 0.2) is 0 Å². The van der Waals surface area contributed by atoms with Crippen LogP contribution >= 0.6 is 0 Å². The van der Waals surface area contributed by atoms with E-state index >= 15 is 0 Å². The SMILES string of the molecule is CCC(NC(=O)c1ccc(-c2nncc(C)c2C)cc1)c1ccnn1C. The summed E-state index contributed by atoms with van der Waals surface area (Å²) in [5, 5.41) is 15.5. The molecular weight excluding hydrogens is 326 g/mol. The van der Waals surface area contributed by atoms with Crippen LogP contribution in [0.25, 0.3) is 11.3 Å². The number of carbonyl (C=O) groups excluding carboxylic acids is 1. The van der Waals surface area contributed by atoms with Crippen LogP contribution in [0.15, 0.2) is 42.7 Å². The van der Waals surface area contributed by atoms with Crippen molar-refractivity contribution in [1.29, 1.82) is 0 Å². The Bertz CT molecular complexity index is 914. The molecule has 0 spiro atoms. The van der Waals surface area contributed by atoms with Gasteiger partial charge in [-0.2, -0.15) is 15.3 Å². The molecule has 26 heavy (non-hydrogen) atoms. The van der Waals surface area contributed by atoms with Gasteiger partial charge in [0.05, 0.1) is 23.6 Å². The van der Waals surface area contributed by atoms with E-state index in [0.29, 0.717) is 5.56 Å². The smallest absolute Gasteiger partial charge is 0.251 e. The monoisotopic (exact) mass is 349 g/mol. The van der Waals surface area contributed by atoms with Crippen LogP contribution in [0.2, 0.25) is 0 Å². The molecule has 0 saturated heterocycles. The molecule has 6 nitrogen and oxygen atoms in total. The molecule has 1 N–H and O–H groups in total. The average Bonchev–Trinajstić information content (AvgIpc) is 3.08. The molecule has 1 aromatic carbocycles. The summed E-state index contributed by atoms with van der Waals surface area (Å²) in [6.07, 6.45) is 4.29. The first-order chi connectivity index (χ1) is 12.5. The number of nitrogens with one attached hydrogen (secondary N) is 1. The summed E-state index contributed by atoms with van der Waals surface area (Å²) in [7, 11) is 1.88. The van der Waals surface area contributed by atoms with Gasteiger partial charge in [-0.25, -0.2) is 0 Å². The van der Waals surface area contributed by atoms with Crippen molar-refractivity contribution in [2.24, 2.45) is 7.05 Å². The van der Waals surface area contributed by atoms with Crippen molar-refractivity contribution >= 4 is 5.91 Å². The van der Waals surface area contributed by atoms with E-state index in [1.165, 1.54) is 0 Å². The maximum absolute atomic E-state index is 12.6. The van der Waals surface area contributed by atoms with E-state index in [1.54, 1.807) is 17.1 Å². The van der Waals surface area contributed by atoms with Gasteiger partial charge in [-0.3, -0.25) is 9.48 Å². The van der Waals surface area contributed by atoms with Crippen LogP contribution in [0, 0.1) is 13.8 Å². The largest absolute Gasteiger partial charge is 0.344 e. The van der Waals surface area contributed by atoms with Gasteiger partial charge < -0.3 is 5.32 Å². The topological polar surface area (TPSA) is 72.7 Å². The molecule has 0 saturated carbocycles. The third-order valence-corrected chi connectivity index (χ3v) is 4.71. The molecule has 3 rings (SSSR count). The number of aryl methyl sites for hydroxylation is 2. The Morgan fingerprint density at radius 1 is 1.19 bits per heavy atom. The number of aromatic nitrogens is 4. The predicted molar refractivity (Wildman–Crippen MR) is 101 cm³/mol. The molecule has 0 bridgehead atoms. The molecule has 0 fully saturated rings. The normalized spacial score (nSPS) is 12.0. The molecule has 2 heterocycles. The minimum atomic E-state index is -0.100. The molecular formula is C20H23N5O. The third kappa shape index (κ3) is 3.49. The highest BCUT2D eigenvalue weighted by Crippen LogP contribution is 2.23. The van der Waals surface area contributed by atoms with Crippen LogP contribution in [-0.2, 0) is 7.05 Å². The summed E-state index contributed by atoms with van der Waals surface area (Å²) >= 11 is 0. The molecule has 0 radical (unpaired) electrons. The summed E-state index contributed by atoms with van der Waals surface area (Å²) < 4.78 is 1.79. The van der Waals surface area contributed by atoms with Gasteiger partial charge in [0, 0.05) is 24.4 Å². The summed E-state index contributed by atoms with van der Waals surface area (Å²) in [6.45, 7) is 6.08. The molecule has 0 aliphatic carbocycles. The van der Waals surface area contributed by atoms with Gasteiger partial charge in [-0.15, -0.1) is 0 Å². The summed E-state index contributed by atoms with van der Waals surface area (Å²) in [5.41, 5.74) is 5.60. The lowest BCUT2D eigenvalue weighted by Gasteiger charge is -2.17. The standard InChI is InChI=1S/C20H23N5O/c1-5-17(18-10-11-22-25(18)4)23-20(26)16-8-6-15(7-9-16)19-14(3)13(2)12-21-24-19/h6-12,17H,5H2,1-4H3,(H,23,26). The van der Waals surface area contributed by atoms with Gasteiger partial charge in [0.2, 0.25) is 0 Å². The summed E-state index contributed by atoms with van der Waals surface area (Å²) in [6, 6.07) is 9.33. The first-order valence-corrected chi connectivity index (χ1v) is 8.69. The first-order valence-electron chi connectivity index (χ1n) is 8.69. The summed E-state index contributed by atoms with van der Waals surface area (Å²) in [5.74, 6) is -0.100. The molecule has 3 aromatic rings. The molecule has 134 valence electrons. The van der Waals surface area contributed by atoms with Crippen molar-refractivity contribution in [3.05, 3.63) is 65.1 Å². The summed E-state index contributed by atoms with van der Waals surface area (Å²) in [4.78, 5) is 12.6. The minimum absolute atomic E-state index is 0.0699. The third-order valence-electron chi connectivity index (χ3n) is 4.71. The second-order valence-corrected chi connectivity index (χ2v) is 6.39. The Hall–Kier alpha value is -3.02. The fraction of sp³-hybridized carbons (Fsp3) is 0.300. The highest BCUT2D eigenvalue weighted by atomic mass is 16.1. The van der Waals surface area contributed by atoms with E-state index in [-0.39, 0.29) is 11.9 Å². The number of benzene rings is 1. The van der Waals surface area contributed by atoms with E-state index in [0.717, 1.165) is 34.5 Å². The highest BCUT2D eigenvalue weighted by molar-refractivity contribution is 5.94. The molecule has 1 atom stereocenters. The van der Waals surface area contributed by atoms with Crippen molar-refractivity contribution in [3.8, 4) is 11.3 Å². The minimum Gasteiger partial charge on any atom is -0.344 e. The van der Waals surface area contributed by atoms with Gasteiger partial charge in [0.1, 0.15) is 0 Å². The Balaban J connectivity index is 1.79. The fourth-order valence-corrected chi connectivity index (χ4v) is 2.94. The lowest BCUT2D eigenvalue weighted by Crippen LogP contribution is -2.29. The van der Waals surface area contributed by atoms with E-state index in [2.05, 4.69) is 20.6 Å². The second kappa shape index (κ2) is 7.47. The van der Waals surface area contributed by atoms with Crippen LogP contribution in [0.5, 0.6) is 0 Å².